The van der Waals surface area contributed by atoms with Crippen molar-refractivity contribution in [2.75, 3.05) is 0 Å². The topological polar surface area (TPSA) is 30.7 Å². The highest BCUT2D eigenvalue weighted by molar-refractivity contribution is 6.09. The predicted molar refractivity (Wildman–Crippen MR) is 259 cm³/mol. The van der Waals surface area contributed by atoms with Crippen molar-refractivity contribution in [2.45, 2.75) is 96.9 Å². The average molecular weight is 762 g/mol. The van der Waals surface area contributed by atoms with Gasteiger partial charge in [-0.3, -0.25) is 0 Å². The van der Waals surface area contributed by atoms with Gasteiger partial charge < -0.3 is 4.57 Å². The van der Waals surface area contributed by atoms with Crippen molar-refractivity contribution in [2.24, 2.45) is 0 Å². The third kappa shape index (κ3) is 15.0. The molecule has 3 heteroatoms. The molecule has 0 saturated heterocycles. The molecule has 0 aliphatic heterocycles. The van der Waals surface area contributed by atoms with E-state index in [1.807, 2.05) is 164 Å². The molecule has 2 aromatic heterocycles. The zero-order chi connectivity index (χ0) is 42.8. The maximum atomic E-state index is 4.79. The van der Waals surface area contributed by atoms with Crippen LogP contribution in [0.5, 0.6) is 0 Å². The van der Waals surface area contributed by atoms with Gasteiger partial charge in [0.15, 0.2) is 5.82 Å². The monoisotopic (exact) mass is 762 g/mol. The summed E-state index contributed by atoms with van der Waals surface area (Å²) >= 11 is 0. The molecule has 0 spiro atoms. The molecular weight excluding hydrogens is 691 g/mol. The van der Waals surface area contributed by atoms with E-state index in [-0.39, 0.29) is 0 Å². The van der Waals surface area contributed by atoms with E-state index in [4.69, 9.17) is 9.97 Å². The van der Waals surface area contributed by atoms with E-state index in [2.05, 4.69) is 114 Å². The zero-order valence-electron chi connectivity index (χ0n) is 37.6. The second kappa shape index (κ2) is 32.4. The molecule has 3 nitrogen and oxygen atoms in total. The van der Waals surface area contributed by atoms with Gasteiger partial charge in [0, 0.05) is 33.2 Å². The average Bonchev–Trinajstić information content (AvgIpc) is 3.69. The lowest BCUT2D eigenvalue weighted by molar-refractivity contribution is 1.18. The van der Waals surface area contributed by atoms with Crippen LogP contribution in [0.2, 0.25) is 0 Å². The van der Waals surface area contributed by atoms with Crippen molar-refractivity contribution < 1.29 is 0 Å². The van der Waals surface area contributed by atoms with E-state index < -0.39 is 0 Å². The van der Waals surface area contributed by atoms with Crippen molar-refractivity contribution in [3.8, 4) is 39.6 Å². The van der Waals surface area contributed by atoms with Crippen molar-refractivity contribution in [3.63, 3.8) is 0 Å². The summed E-state index contributed by atoms with van der Waals surface area (Å²) < 4.78 is 2.32. The lowest BCUT2D eigenvalue weighted by Crippen LogP contribution is -1.95. The van der Waals surface area contributed by atoms with Gasteiger partial charge in [0.2, 0.25) is 0 Å². The first-order valence-electron chi connectivity index (χ1n) is 21.4. The van der Waals surface area contributed by atoms with Crippen LogP contribution in [0.1, 0.15) is 96.9 Å². The maximum absolute atomic E-state index is 4.79. The summed E-state index contributed by atoms with van der Waals surface area (Å²) in [4.78, 5) is 9.58. The van der Waals surface area contributed by atoms with Crippen LogP contribution < -0.4 is 0 Å². The number of fused-ring (bicyclic) bond motifs is 3. The predicted octanol–water partition coefficient (Wildman–Crippen LogP) is 17.4. The minimum absolute atomic E-state index is 0.746. The van der Waals surface area contributed by atoms with E-state index in [1.165, 1.54) is 27.5 Å². The summed E-state index contributed by atoms with van der Waals surface area (Å²) in [6.07, 6.45) is 0. The third-order valence-electron chi connectivity index (χ3n) is 7.49. The largest absolute Gasteiger partial charge is 0.309 e. The summed E-state index contributed by atoms with van der Waals surface area (Å²) in [5.74, 6) is 0.746. The molecule has 0 saturated carbocycles. The second-order valence-electron chi connectivity index (χ2n) is 10.3. The Bertz CT molecular complexity index is 1910. The Hall–Kier alpha value is -5.80. The van der Waals surface area contributed by atoms with E-state index in [1.54, 1.807) is 0 Å². The van der Waals surface area contributed by atoms with Gasteiger partial charge in [0.05, 0.1) is 22.4 Å². The highest BCUT2D eigenvalue weighted by Gasteiger charge is 2.11. The van der Waals surface area contributed by atoms with Gasteiger partial charge in [-0.15, -0.1) is 0 Å². The number of hydrogen-bond acceptors (Lipinski definition) is 2. The molecule has 0 fully saturated rings. The first-order valence-corrected chi connectivity index (χ1v) is 21.4. The Morgan fingerprint density at radius 1 is 0.298 bits per heavy atom. The van der Waals surface area contributed by atoms with Crippen molar-refractivity contribution >= 4 is 21.8 Å². The van der Waals surface area contributed by atoms with Gasteiger partial charge >= 0.3 is 0 Å². The Labute approximate surface area is 347 Å². The summed E-state index contributed by atoms with van der Waals surface area (Å²) in [5, 5.41) is 2.61. The smallest absolute Gasteiger partial charge is 0.160 e. The third-order valence-corrected chi connectivity index (χ3v) is 7.49. The molecule has 302 valence electrons. The van der Waals surface area contributed by atoms with Gasteiger partial charge in [0.25, 0.3) is 0 Å². The van der Waals surface area contributed by atoms with Crippen LogP contribution in [-0.4, -0.2) is 14.5 Å². The fourth-order valence-electron chi connectivity index (χ4n) is 5.45. The molecule has 0 N–H and O–H groups in total. The van der Waals surface area contributed by atoms with Crippen LogP contribution in [0.25, 0.3) is 61.4 Å². The molecule has 0 aliphatic rings. The lowest BCUT2D eigenvalue weighted by Gasteiger charge is -2.09. The number of rotatable bonds is 4. The Kier molecular flexibility index (Phi) is 29.1. The Balaban J connectivity index is 0.000000854. The first kappa shape index (κ1) is 51.2. The molecule has 0 aliphatic carbocycles. The Morgan fingerprint density at radius 2 is 0.579 bits per heavy atom. The van der Waals surface area contributed by atoms with Crippen LogP contribution in [0.15, 0.2) is 176 Å². The van der Waals surface area contributed by atoms with E-state index in [9.17, 15) is 0 Å². The minimum atomic E-state index is 0.746. The van der Waals surface area contributed by atoms with Crippen LogP contribution in [0, 0.1) is 0 Å². The maximum Gasteiger partial charge on any atom is 0.160 e. The van der Waals surface area contributed by atoms with Gasteiger partial charge in [-0.2, -0.15) is 0 Å². The molecule has 0 radical (unpaired) electrons. The van der Waals surface area contributed by atoms with Crippen LogP contribution >= 0.6 is 0 Å². The van der Waals surface area contributed by atoms with E-state index >= 15 is 0 Å². The van der Waals surface area contributed by atoms with Gasteiger partial charge in [-0.1, -0.05) is 243 Å². The number of para-hydroxylation sites is 3. The minimum Gasteiger partial charge on any atom is -0.309 e. The molecule has 8 aromatic rings. The number of hydrogen-bond donors (Lipinski definition) is 0. The molecular formula is C54H71N3. The van der Waals surface area contributed by atoms with E-state index in [0.29, 0.717) is 0 Å². The van der Waals surface area contributed by atoms with Gasteiger partial charge in [0.1, 0.15) is 0 Å². The van der Waals surface area contributed by atoms with Crippen LogP contribution in [0.4, 0.5) is 0 Å². The zero-order valence-corrected chi connectivity index (χ0v) is 37.6. The number of aromatic nitrogens is 3. The summed E-state index contributed by atoms with van der Waals surface area (Å²) in [6.45, 7) is 28.0. The lowest BCUT2D eigenvalue weighted by atomic mass is 10.1. The standard InChI is InChI=1S/C22H16N2.C18H13N.7C2H6/c1-4-10-17(11-5-1)20-16-21(18-12-6-2-7-13-18)24-22(23-20)19-14-8-3-9-15-19;1-2-8-14(9-3-1)19-17-12-6-4-10-15(17)16-11-5-7-13-18(16)19;7*1-2/h1-16H;1-13H;7*1-2H3. The Morgan fingerprint density at radius 3 is 0.930 bits per heavy atom. The molecule has 0 atom stereocenters. The summed E-state index contributed by atoms with van der Waals surface area (Å²) in [5.41, 5.74) is 8.80. The fourth-order valence-corrected chi connectivity index (χ4v) is 5.45. The van der Waals surface area contributed by atoms with Crippen LogP contribution in [-0.2, 0) is 0 Å². The molecule has 0 amide bonds. The highest BCUT2D eigenvalue weighted by Crippen LogP contribution is 2.31. The number of nitrogens with zero attached hydrogens (tertiary/aromatic N) is 3. The van der Waals surface area contributed by atoms with Crippen molar-refractivity contribution in [3.05, 3.63) is 176 Å². The quantitative estimate of drug-likeness (QED) is 0.179. The molecule has 2 heterocycles. The van der Waals surface area contributed by atoms with Crippen molar-refractivity contribution in [1.29, 1.82) is 0 Å². The SMILES string of the molecule is CC.CC.CC.CC.CC.CC.CC.c1ccc(-c2cc(-c3ccccc3)nc(-c3ccccc3)n2)cc1.c1ccc(-n2c3ccccc3c3ccccc32)cc1. The van der Waals surface area contributed by atoms with Gasteiger partial charge in [-0.25, -0.2) is 9.97 Å². The van der Waals surface area contributed by atoms with E-state index in [0.717, 1.165) is 33.9 Å². The van der Waals surface area contributed by atoms with Gasteiger partial charge in [-0.05, 0) is 30.3 Å². The van der Waals surface area contributed by atoms with Crippen molar-refractivity contribution in [1.82, 2.24) is 14.5 Å². The molecule has 6 aromatic carbocycles. The summed E-state index contributed by atoms with van der Waals surface area (Å²) in [7, 11) is 0. The first-order chi connectivity index (χ1) is 28.3. The highest BCUT2D eigenvalue weighted by atomic mass is 15.0. The van der Waals surface area contributed by atoms with Crippen LogP contribution in [0.3, 0.4) is 0 Å². The normalized spacial score (nSPS) is 8.88. The summed E-state index contributed by atoms with van der Waals surface area (Å²) in [6, 6.07) is 60.3. The molecule has 8 rings (SSSR count). The second-order valence-corrected chi connectivity index (χ2v) is 10.3. The fraction of sp³-hybridized carbons (Fsp3) is 0.259. The number of benzene rings is 6. The molecule has 0 unspecified atom stereocenters. The molecule has 57 heavy (non-hydrogen) atoms. The molecule has 0 bridgehead atoms.